The summed E-state index contributed by atoms with van der Waals surface area (Å²) in [4.78, 5) is 9.85. The zero-order valence-electron chi connectivity index (χ0n) is 17.6. The molecule has 0 unspecified atom stereocenters. The molecule has 196 valence electrons. The fourth-order valence-corrected chi connectivity index (χ4v) is 6.61. The number of esters is 1. The van der Waals surface area contributed by atoms with E-state index in [0.717, 1.165) is 12.1 Å². The van der Waals surface area contributed by atoms with Gasteiger partial charge in [-0.3, -0.25) is 0 Å². The van der Waals surface area contributed by atoms with E-state index in [9.17, 15) is 43.7 Å². The van der Waals surface area contributed by atoms with Gasteiger partial charge in [-0.2, -0.15) is 17.2 Å². The molecule has 16 heteroatoms. The van der Waals surface area contributed by atoms with Crippen molar-refractivity contribution in [2.75, 3.05) is 0 Å². The Morgan fingerprint density at radius 3 is 1.78 bits per heavy atom. The number of carbonyl (C=O) groups excluding carboxylic acids is 1. The van der Waals surface area contributed by atoms with Gasteiger partial charge in [0.1, 0.15) is 19.9 Å². The Morgan fingerprint density at radius 2 is 1.35 bits per heavy atom. The highest BCUT2D eigenvalue weighted by molar-refractivity contribution is 14.1. The van der Waals surface area contributed by atoms with E-state index in [0.29, 0.717) is 5.56 Å². The smallest absolute Gasteiger partial charge is 0.343 e. The van der Waals surface area contributed by atoms with Gasteiger partial charge in [-0.25, -0.2) is 22.0 Å². The number of benzene rings is 3. The molecule has 3 aromatic carbocycles. The first-order valence-corrected chi connectivity index (χ1v) is 14.3. The minimum atomic E-state index is -5.95. The molecule has 3 rings (SSSR count). The molecular weight excluding hydrogens is 774 g/mol. The van der Waals surface area contributed by atoms with Gasteiger partial charge in [-0.1, -0.05) is 24.8 Å². The summed E-state index contributed by atoms with van der Waals surface area (Å²) in [6.07, 6.45) is 1.50. The number of hydrogen-bond acceptors (Lipinski definition) is 8. The summed E-state index contributed by atoms with van der Waals surface area (Å²) in [5.41, 5.74) is 0.205. The molecular formula is C21H9F4I2O8S2-. The van der Waals surface area contributed by atoms with Crippen LogP contribution in [0.3, 0.4) is 0 Å². The van der Waals surface area contributed by atoms with E-state index in [2.05, 4.69) is 11.3 Å². The Bertz CT molecular complexity index is 1610. The van der Waals surface area contributed by atoms with Gasteiger partial charge in [0, 0.05) is 0 Å². The van der Waals surface area contributed by atoms with Crippen LogP contribution in [0.1, 0.15) is 15.9 Å². The van der Waals surface area contributed by atoms with Gasteiger partial charge in [0.25, 0.3) is 0 Å². The summed E-state index contributed by atoms with van der Waals surface area (Å²) in [6.45, 7) is 3.56. The topological polar surface area (TPSA) is 127 Å². The van der Waals surface area contributed by atoms with Gasteiger partial charge in [-0.05, 0) is 75.0 Å². The largest absolute Gasteiger partial charge is 0.744 e. The van der Waals surface area contributed by atoms with Crippen LogP contribution in [-0.4, -0.2) is 27.4 Å². The highest BCUT2D eigenvalue weighted by atomic mass is 127. The van der Waals surface area contributed by atoms with Crippen molar-refractivity contribution in [1.29, 1.82) is 0 Å². The van der Waals surface area contributed by atoms with E-state index in [1.807, 2.05) is 0 Å². The average Bonchev–Trinajstić information content (AvgIpc) is 2.81. The Labute approximate surface area is 234 Å². The second-order valence-electron chi connectivity index (χ2n) is 6.84. The highest BCUT2D eigenvalue weighted by Gasteiger charge is 2.32. The minimum absolute atomic E-state index is 0.0221. The third kappa shape index (κ3) is 6.07. The molecule has 0 atom stereocenters. The maximum Gasteiger partial charge on any atom is 0.343 e. The molecule has 0 heterocycles. The summed E-state index contributed by atoms with van der Waals surface area (Å²) < 4.78 is 124. The van der Waals surface area contributed by atoms with E-state index in [1.165, 1.54) is 30.3 Å². The Kier molecular flexibility index (Phi) is 8.57. The first kappa shape index (κ1) is 29.3. The lowest BCUT2D eigenvalue weighted by molar-refractivity contribution is 0.0716. The predicted molar refractivity (Wildman–Crippen MR) is 135 cm³/mol. The molecule has 0 aliphatic heterocycles. The van der Waals surface area contributed by atoms with Crippen molar-refractivity contribution < 1.29 is 52.7 Å². The third-order valence-corrected chi connectivity index (χ3v) is 8.16. The van der Waals surface area contributed by atoms with Crippen molar-refractivity contribution in [3.63, 3.8) is 0 Å². The van der Waals surface area contributed by atoms with Crippen LogP contribution in [-0.2, 0) is 20.2 Å². The van der Waals surface area contributed by atoms with Crippen LogP contribution in [0.25, 0.3) is 6.08 Å². The van der Waals surface area contributed by atoms with E-state index in [1.54, 1.807) is 45.2 Å². The molecule has 0 bridgehead atoms. The molecule has 3 aromatic rings. The van der Waals surface area contributed by atoms with Crippen LogP contribution < -0.4 is 8.92 Å². The molecule has 0 saturated carbocycles. The standard InChI is InChI=1S/C21H10F4I2O8S2/c1-2-9-3-5-11(6-4-9)37(32,33)35-18-12(26)7-10(8-13(18)27)21(28)34-19-14(22)16(24)20(36(29,30)31)17(25)15(19)23/h2-8H,1H2,(H,29,30,31)/p-1. The van der Waals surface area contributed by atoms with Gasteiger partial charge in [0.15, 0.2) is 17.4 Å². The van der Waals surface area contributed by atoms with Crippen LogP contribution in [0.5, 0.6) is 11.5 Å². The summed E-state index contributed by atoms with van der Waals surface area (Å²) in [5, 5.41) is 0. The first-order valence-electron chi connectivity index (χ1n) is 9.28. The normalized spacial score (nSPS) is 11.8. The van der Waals surface area contributed by atoms with E-state index in [-0.39, 0.29) is 17.8 Å². The molecule has 37 heavy (non-hydrogen) atoms. The van der Waals surface area contributed by atoms with E-state index in [4.69, 9.17) is 4.18 Å². The fourth-order valence-electron chi connectivity index (χ4n) is 2.74. The van der Waals surface area contributed by atoms with Gasteiger partial charge in [-0.15, -0.1) is 0 Å². The summed E-state index contributed by atoms with van der Waals surface area (Å²) in [6, 6.07) is 7.53. The molecule has 0 aliphatic rings. The molecule has 0 aliphatic carbocycles. The predicted octanol–water partition coefficient (Wildman–Crippen LogP) is 4.99. The Hall–Kier alpha value is -2.29. The molecule has 0 fully saturated rings. The minimum Gasteiger partial charge on any atom is -0.744 e. The highest BCUT2D eigenvalue weighted by Crippen LogP contribution is 2.35. The average molecular weight is 783 g/mol. The maximum absolute atomic E-state index is 14.2. The molecule has 0 aromatic heterocycles. The van der Waals surface area contributed by atoms with Gasteiger partial charge in [0.2, 0.25) is 17.4 Å². The number of hydrogen-bond donors (Lipinski definition) is 0. The first-order chi connectivity index (χ1) is 17.1. The second kappa shape index (κ2) is 10.8. The van der Waals surface area contributed by atoms with Crippen LogP contribution in [0.4, 0.5) is 17.6 Å². The second-order valence-corrected chi connectivity index (χ2v) is 12.0. The summed E-state index contributed by atoms with van der Waals surface area (Å²) in [5.74, 6) is -13.7. The Morgan fingerprint density at radius 1 is 0.865 bits per heavy atom. The fraction of sp³-hybridized carbons (Fsp3) is 0. The lowest BCUT2D eigenvalue weighted by atomic mass is 10.2. The van der Waals surface area contributed by atoms with E-state index >= 15 is 0 Å². The van der Waals surface area contributed by atoms with Crippen LogP contribution in [0, 0.1) is 30.4 Å². The molecule has 0 saturated heterocycles. The van der Waals surface area contributed by atoms with Crippen LogP contribution in [0.2, 0.25) is 0 Å². The summed E-state index contributed by atoms with van der Waals surface area (Å²) in [7, 11) is -10.3. The van der Waals surface area contributed by atoms with Gasteiger partial charge < -0.3 is 13.5 Å². The zero-order chi connectivity index (χ0) is 27.9. The molecule has 0 N–H and O–H groups in total. The van der Waals surface area contributed by atoms with Crippen molar-refractivity contribution >= 4 is 77.5 Å². The van der Waals surface area contributed by atoms with Crippen molar-refractivity contribution in [2.24, 2.45) is 0 Å². The number of halogens is 6. The van der Waals surface area contributed by atoms with Crippen molar-refractivity contribution in [3.8, 4) is 11.5 Å². The van der Waals surface area contributed by atoms with Crippen LogP contribution in [0.15, 0.2) is 52.8 Å². The summed E-state index contributed by atoms with van der Waals surface area (Å²) >= 11 is 3.20. The maximum atomic E-state index is 14.2. The number of carbonyl (C=O) groups is 1. The Balaban J connectivity index is 1.95. The van der Waals surface area contributed by atoms with E-state index < -0.39 is 65.7 Å². The number of ether oxygens (including phenoxy) is 1. The quantitative estimate of drug-likeness (QED) is 0.0625. The van der Waals surface area contributed by atoms with Crippen molar-refractivity contribution in [1.82, 2.24) is 0 Å². The zero-order valence-corrected chi connectivity index (χ0v) is 23.5. The monoisotopic (exact) mass is 783 g/mol. The van der Waals surface area contributed by atoms with Crippen LogP contribution >= 0.6 is 45.2 Å². The molecule has 0 amide bonds. The molecule has 8 nitrogen and oxygen atoms in total. The molecule has 0 radical (unpaired) electrons. The lowest BCUT2D eigenvalue weighted by Crippen LogP contribution is -2.17. The van der Waals surface area contributed by atoms with Crippen molar-refractivity contribution in [2.45, 2.75) is 9.79 Å². The lowest BCUT2D eigenvalue weighted by Gasteiger charge is -2.15. The van der Waals surface area contributed by atoms with Gasteiger partial charge >= 0.3 is 16.1 Å². The SMILES string of the molecule is C=Cc1ccc(S(=O)(=O)Oc2c(I)cc(C(=O)Oc3c(F)c(F)c(S(=O)(=O)[O-])c(F)c3F)cc2I)cc1. The number of rotatable bonds is 7. The third-order valence-electron chi connectivity index (χ3n) is 4.46. The van der Waals surface area contributed by atoms with Crippen molar-refractivity contribution in [3.05, 3.63) is 84.5 Å². The molecule has 0 spiro atoms. The van der Waals surface area contributed by atoms with Gasteiger partial charge in [0.05, 0.1) is 12.7 Å².